The van der Waals surface area contributed by atoms with E-state index >= 15 is 0 Å². The highest BCUT2D eigenvalue weighted by molar-refractivity contribution is 5.96. The van der Waals surface area contributed by atoms with E-state index in [1.807, 2.05) is 0 Å². The Bertz CT molecular complexity index is 754. The van der Waals surface area contributed by atoms with Crippen LogP contribution >= 0.6 is 0 Å². The van der Waals surface area contributed by atoms with Gasteiger partial charge in [-0.25, -0.2) is 4.79 Å². The van der Waals surface area contributed by atoms with Crippen molar-refractivity contribution in [3.05, 3.63) is 47.3 Å². The van der Waals surface area contributed by atoms with Gasteiger partial charge >= 0.3 is 12.1 Å². The van der Waals surface area contributed by atoms with Crippen molar-refractivity contribution in [1.82, 2.24) is 9.78 Å². The maximum Gasteiger partial charge on any atom is 0.416 e. The molecule has 0 saturated heterocycles. The van der Waals surface area contributed by atoms with Crippen LogP contribution in [0.2, 0.25) is 0 Å². The molecule has 0 saturated carbocycles. The Kier molecular flexibility index (Phi) is 5.45. The lowest BCUT2D eigenvalue weighted by Gasteiger charge is -2.20. The zero-order valence-corrected chi connectivity index (χ0v) is 13.6. The minimum Gasteiger partial charge on any atom is -0.465 e. The molecule has 6 nitrogen and oxygen atoms in total. The average molecular weight is 355 g/mol. The van der Waals surface area contributed by atoms with Crippen LogP contribution in [-0.4, -0.2) is 42.7 Å². The topological polar surface area (TPSA) is 64.4 Å². The molecule has 0 N–H and O–H groups in total. The Morgan fingerprint density at radius 3 is 2.48 bits per heavy atom. The summed E-state index contributed by atoms with van der Waals surface area (Å²) in [6, 6.07) is 4.75. The van der Waals surface area contributed by atoms with Crippen molar-refractivity contribution < 1.29 is 27.5 Å². The highest BCUT2D eigenvalue weighted by Gasteiger charge is 2.30. The second-order valence-corrected chi connectivity index (χ2v) is 5.24. The molecule has 2 rings (SSSR count). The van der Waals surface area contributed by atoms with E-state index in [9.17, 15) is 22.8 Å². The number of hydrogen-bond donors (Lipinski definition) is 0. The van der Waals surface area contributed by atoms with Crippen molar-refractivity contribution in [3.8, 4) is 0 Å². The molecular weight excluding hydrogens is 339 g/mol. The number of methoxy groups -OCH3 is 1. The fourth-order valence-corrected chi connectivity index (χ4v) is 2.24. The number of aromatic nitrogens is 2. The van der Waals surface area contributed by atoms with Crippen LogP contribution in [-0.2, 0) is 17.5 Å². The molecule has 1 aromatic carbocycles. The summed E-state index contributed by atoms with van der Waals surface area (Å²) in [5.74, 6) is -0.663. The molecule has 1 aromatic heterocycles. The number of carbonyl (C=O) groups is 2. The number of likely N-dealkylation sites (N-methyl/N-ethyl adjacent to an activating group) is 1. The minimum absolute atomic E-state index is 0.0645. The van der Waals surface area contributed by atoms with Gasteiger partial charge in [-0.1, -0.05) is 0 Å². The standard InChI is InChI=1S/C16H16F3N3O3/c1-21(12-5-3-11(4-6-12)16(17,18)19)7-8-22-14(10-23)13(9-20-22)15(24)25-2/h3-6,9-10H,7-8H2,1-2H3. The summed E-state index contributed by atoms with van der Waals surface area (Å²) in [4.78, 5) is 24.4. The first-order chi connectivity index (χ1) is 11.8. The summed E-state index contributed by atoms with van der Waals surface area (Å²) < 4.78 is 43.6. The highest BCUT2D eigenvalue weighted by atomic mass is 19.4. The summed E-state index contributed by atoms with van der Waals surface area (Å²) >= 11 is 0. The molecular formula is C16H16F3N3O3. The lowest BCUT2D eigenvalue weighted by molar-refractivity contribution is -0.137. The molecule has 0 radical (unpaired) electrons. The number of hydrogen-bond acceptors (Lipinski definition) is 5. The van der Waals surface area contributed by atoms with E-state index in [4.69, 9.17) is 0 Å². The second-order valence-electron chi connectivity index (χ2n) is 5.24. The predicted octanol–water partition coefficient (Wildman–Crippen LogP) is 2.64. The van der Waals surface area contributed by atoms with E-state index in [2.05, 4.69) is 9.84 Å². The number of esters is 1. The number of benzene rings is 1. The molecule has 0 amide bonds. The molecule has 0 aliphatic carbocycles. The van der Waals surface area contributed by atoms with Crippen LogP contribution in [0.15, 0.2) is 30.5 Å². The van der Waals surface area contributed by atoms with E-state index < -0.39 is 17.7 Å². The SMILES string of the molecule is COC(=O)c1cnn(CCN(C)c2ccc(C(F)(F)F)cc2)c1C=O. The maximum absolute atomic E-state index is 12.6. The van der Waals surface area contributed by atoms with Gasteiger partial charge in [-0.15, -0.1) is 0 Å². The van der Waals surface area contributed by atoms with E-state index in [-0.39, 0.29) is 17.8 Å². The van der Waals surface area contributed by atoms with Gasteiger partial charge in [0.2, 0.25) is 0 Å². The number of alkyl halides is 3. The van der Waals surface area contributed by atoms with Gasteiger partial charge in [-0.3, -0.25) is 9.48 Å². The Labute approximate surface area is 141 Å². The molecule has 2 aromatic rings. The molecule has 1 heterocycles. The van der Waals surface area contributed by atoms with Crippen molar-refractivity contribution in [2.75, 3.05) is 25.6 Å². The summed E-state index contributed by atoms with van der Waals surface area (Å²) in [6.07, 6.45) is -2.62. The van der Waals surface area contributed by atoms with Crippen LogP contribution < -0.4 is 4.90 Å². The summed E-state index contributed by atoms with van der Waals surface area (Å²) in [6.45, 7) is 0.636. The number of halogens is 3. The Morgan fingerprint density at radius 2 is 1.96 bits per heavy atom. The molecule has 0 atom stereocenters. The van der Waals surface area contributed by atoms with E-state index in [1.165, 1.54) is 30.1 Å². The van der Waals surface area contributed by atoms with Gasteiger partial charge < -0.3 is 9.64 Å². The molecule has 25 heavy (non-hydrogen) atoms. The summed E-state index contributed by atoms with van der Waals surface area (Å²) in [5, 5.41) is 3.98. The molecule has 0 fully saturated rings. The fraction of sp³-hybridized carbons (Fsp3) is 0.312. The third-order valence-electron chi connectivity index (χ3n) is 3.68. The van der Waals surface area contributed by atoms with Crippen LogP contribution in [0.3, 0.4) is 0 Å². The van der Waals surface area contributed by atoms with Gasteiger partial charge in [0.25, 0.3) is 0 Å². The number of carbonyl (C=O) groups excluding carboxylic acids is 2. The smallest absolute Gasteiger partial charge is 0.416 e. The van der Waals surface area contributed by atoms with Crippen molar-refractivity contribution in [1.29, 1.82) is 0 Å². The first kappa shape index (κ1) is 18.5. The van der Waals surface area contributed by atoms with Crippen LogP contribution in [0.1, 0.15) is 26.4 Å². The highest BCUT2D eigenvalue weighted by Crippen LogP contribution is 2.30. The quantitative estimate of drug-likeness (QED) is 0.589. The van der Waals surface area contributed by atoms with Gasteiger partial charge in [-0.2, -0.15) is 18.3 Å². The second kappa shape index (κ2) is 7.37. The summed E-state index contributed by atoms with van der Waals surface area (Å²) in [5.41, 5.74) is 0.0195. The van der Waals surface area contributed by atoms with Crippen LogP contribution in [0.5, 0.6) is 0 Å². The van der Waals surface area contributed by atoms with Crippen molar-refractivity contribution in [2.24, 2.45) is 0 Å². The molecule has 0 spiro atoms. The van der Waals surface area contributed by atoms with Gasteiger partial charge in [0, 0.05) is 19.3 Å². The molecule has 134 valence electrons. The lowest BCUT2D eigenvalue weighted by atomic mass is 10.2. The lowest BCUT2D eigenvalue weighted by Crippen LogP contribution is -2.24. The van der Waals surface area contributed by atoms with Crippen molar-refractivity contribution in [3.63, 3.8) is 0 Å². The van der Waals surface area contributed by atoms with Gasteiger partial charge in [0.15, 0.2) is 6.29 Å². The minimum atomic E-state index is -4.38. The Hall–Kier alpha value is -2.84. The largest absolute Gasteiger partial charge is 0.465 e. The molecule has 0 aliphatic rings. The fourth-order valence-electron chi connectivity index (χ4n) is 2.24. The zero-order chi connectivity index (χ0) is 18.6. The average Bonchev–Trinajstić information content (AvgIpc) is 3.01. The van der Waals surface area contributed by atoms with Crippen molar-refractivity contribution >= 4 is 17.9 Å². The maximum atomic E-state index is 12.6. The third kappa shape index (κ3) is 4.17. The van der Waals surface area contributed by atoms with Gasteiger partial charge in [-0.05, 0) is 24.3 Å². The number of nitrogens with zero attached hydrogens (tertiary/aromatic N) is 3. The monoisotopic (exact) mass is 355 g/mol. The number of ether oxygens (including phenoxy) is 1. The first-order valence-electron chi connectivity index (χ1n) is 7.25. The van der Waals surface area contributed by atoms with E-state index in [1.54, 1.807) is 11.9 Å². The molecule has 9 heteroatoms. The predicted molar refractivity (Wildman–Crippen MR) is 83.7 cm³/mol. The van der Waals surface area contributed by atoms with E-state index in [0.717, 1.165) is 12.1 Å². The van der Waals surface area contributed by atoms with E-state index in [0.29, 0.717) is 18.5 Å². The molecule has 0 aliphatic heterocycles. The van der Waals surface area contributed by atoms with Crippen LogP contribution in [0.25, 0.3) is 0 Å². The Balaban J connectivity index is 2.07. The van der Waals surface area contributed by atoms with Crippen LogP contribution in [0.4, 0.5) is 18.9 Å². The molecule has 0 bridgehead atoms. The van der Waals surface area contributed by atoms with Crippen LogP contribution in [0, 0.1) is 0 Å². The number of aldehydes is 1. The normalized spacial score (nSPS) is 11.2. The number of anilines is 1. The Morgan fingerprint density at radius 1 is 1.32 bits per heavy atom. The zero-order valence-electron chi connectivity index (χ0n) is 13.6. The summed E-state index contributed by atoms with van der Waals surface area (Å²) in [7, 11) is 2.90. The van der Waals surface area contributed by atoms with Gasteiger partial charge in [0.05, 0.1) is 25.4 Å². The third-order valence-corrected chi connectivity index (χ3v) is 3.68. The first-order valence-corrected chi connectivity index (χ1v) is 7.25. The van der Waals surface area contributed by atoms with Crippen molar-refractivity contribution in [2.45, 2.75) is 12.7 Å². The molecule has 0 unspecified atom stereocenters. The van der Waals surface area contributed by atoms with Gasteiger partial charge in [0.1, 0.15) is 11.3 Å². The number of rotatable bonds is 6.